The standard InChI is InChI=1S/C19H31N3O.HI/c1-15(2)23-13-17-8-6-7-16(11-17)12-21-18(20-5)22-10-9-19(3,4)14-22;/h6-8,11,15H,9-10,12-14H2,1-5H3,(H,20,21);1H. The van der Waals surface area contributed by atoms with Crippen LogP contribution >= 0.6 is 24.0 Å². The van der Waals surface area contributed by atoms with Crippen molar-refractivity contribution in [2.45, 2.75) is 53.4 Å². The molecule has 1 aromatic rings. The molecule has 136 valence electrons. The van der Waals surface area contributed by atoms with Crippen molar-refractivity contribution in [1.82, 2.24) is 10.2 Å². The first-order valence-corrected chi connectivity index (χ1v) is 8.55. The summed E-state index contributed by atoms with van der Waals surface area (Å²) < 4.78 is 5.68. The topological polar surface area (TPSA) is 36.9 Å². The van der Waals surface area contributed by atoms with Gasteiger partial charge in [0.05, 0.1) is 12.7 Å². The Bertz CT molecular complexity index is 543. The Morgan fingerprint density at radius 1 is 1.33 bits per heavy atom. The zero-order valence-corrected chi connectivity index (χ0v) is 18.0. The molecule has 0 spiro atoms. The van der Waals surface area contributed by atoms with Crippen LogP contribution in [0, 0.1) is 5.41 Å². The van der Waals surface area contributed by atoms with E-state index in [9.17, 15) is 0 Å². The van der Waals surface area contributed by atoms with Gasteiger partial charge in [-0.05, 0) is 36.8 Å². The molecule has 1 fully saturated rings. The third-order valence-electron chi connectivity index (χ3n) is 4.21. The largest absolute Gasteiger partial charge is 0.374 e. The number of benzene rings is 1. The van der Waals surface area contributed by atoms with E-state index < -0.39 is 0 Å². The van der Waals surface area contributed by atoms with E-state index in [0.29, 0.717) is 12.0 Å². The molecule has 1 saturated heterocycles. The van der Waals surface area contributed by atoms with Crippen LogP contribution in [0.15, 0.2) is 29.3 Å². The third kappa shape index (κ3) is 6.59. The number of ether oxygens (including phenoxy) is 1. The summed E-state index contributed by atoms with van der Waals surface area (Å²) in [6, 6.07) is 8.56. The lowest BCUT2D eigenvalue weighted by atomic mass is 9.93. The zero-order chi connectivity index (χ0) is 16.9. The summed E-state index contributed by atoms with van der Waals surface area (Å²) >= 11 is 0. The molecule has 0 aliphatic carbocycles. The van der Waals surface area contributed by atoms with Crippen LogP contribution in [0.25, 0.3) is 0 Å². The Hall–Kier alpha value is -0.820. The summed E-state index contributed by atoms with van der Waals surface area (Å²) in [5, 5.41) is 3.49. The first kappa shape index (κ1) is 21.2. The summed E-state index contributed by atoms with van der Waals surface area (Å²) in [4.78, 5) is 6.79. The molecule has 0 amide bonds. The van der Waals surface area contributed by atoms with E-state index in [0.717, 1.165) is 25.6 Å². The van der Waals surface area contributed by atoms with E-state index in [1.165, 1.54) is 17.5 Å². The number of hydrogen-bond acceptors (Lipinski definition) is 2. The van der Waals surface area contributed by atoms with E-state index in [2.05, 4.69) is 67.2 Å². The minimum atomic E-state index is 0. The van der Waals surface area contributed by atoms with Crippen molar-refractivity contribution in [2.75, 3.05) is 20.1 Å². The number of rotatable bonds is 5. The Morgan fingerprint density at radius 2 is 2.04 bits per heavy atom. The van der Waals surface area contributed by atoms with Gasteiger partial charge in [0.25, 0.3) is 0 Å². The van der Waals surface area contributed by atoms with Crippen molar-refractivity contribution in [1.29, 1.82) is 0 Å². The minimum absolute atomic E-state index is 0. The van der Waals surface area contributed by atoms with E-state index in [-0.39, 0.29) is 30.1 Å². The van der Waals surface area contributed by atoms with Crippen LogP contribution in [0.4, 0.5) is 0 Å². The normalized spacial score (nSPS) is 17.1. The molecule has 5 heteroatoms. The van der Waals surface area contributed by atoms with Crippen LogP contribution < -0.4 is 5.32 Å². The molecule has 1 heterocycles. The third-order valence-corrected chi connectivity index (χ3v) is 4.21. The minimum Gasteiger partial charge on any atom is -0.374 e. The zero-order valence-electron chi connectivity index (χ0n) is 15.6. The SMILES string of the molecule is CN=C(NCc1cccc(COC(C)C)c1)N1CCC(C)(C)C1.I. The molecule has 0 bridgehead atoms. The van der Waals surface area contributed by atoms with Gasteiger partial charge in [-0.3, -0.25) is 4.99 Å². The highest BCUT2D eigenvalue weighted by Gasteiger charge is 2.30. The molecule has 1 aliphatic rings. The molecular formula is C19H32IN3O. The van der Waals surface area contributed by atoms with Crippen LogP contribution in [-0.4, -0.2) is 37.1 Å². The average molecular weight is 445 g/mol. The molecule has 1 aromatic carbocycles. The van der Waals surface area contributed by atoms with Crippen molar-refractivity contribution in [3.63, 3.8) is 0 Å². The van der Waals surface area contributed by atoms with Crippen molar-refractivity contribution in [3.8, 4) is 0 Å². The van der Waals surface area contributed by atoms with Crippen molar-refractivity contribution < 1.29 is 4.74 Å². The number of guanidine groups is 1. The van der Waals surface area contributed by atoms with Gasteiger partial charge in [-0.1, -0.05) is 38.1 Å². The lowest BCUT2D eigenvalue weighted by molar-refractivity contribution is 0.0657. The number of likely N-dealkylation sites (tertiary alicyclic amines) is 1. The molecule has 1 aliphatic heterocycles. The van der Waals surface area contributed by atoms with Crippen molar-refractivity contribution in [3.05, 3.63) is 35.4 Å². The van der Waals surface area contributed by atoms with Gasteiger partial charge < -0.3 is 15.0 Å². The Balaban J connectivity index is 0.00000288. The first-order valence-electron chi connectivity index (χ1n) is 8.55. The van der Waals surface area contributed by atoms with E-state index in [4.69, 9.17) is 4.74 Å². The molecular weight excluding hydrogens is 413 g/mol. The Morgan fingerprint density at radius 3 is 2.62 bits per heavy atom. The highest BCUT2D eigenvalue weighted by Crippen LogP contribution is 2.28. The fraction of sp³-hybridized carbons (Fsp3) is 0.632. The molecule has 0 unspecified atom stereocenters. The average Bonchev–Trinajstić information content (AvgIpc) is 2.86. The maximum atomic E-state index is 5.68. The van der Waals surface area contributed by atoms with Crippen LogP contribution in [-0.2, 0) is 17.9 Å². The highest BCUT2D eigenvalue weighted by molar-refractivity contribution is 14.0. The lowest BCUT2D eigenvalue weighted by Gasteiger charge is -2.23. The summed E-state index contributed by atoms with van der Waals surface area (Å²) in [5.74, 6) is 0.999. The Labute approximate surface area is 164 Å². The van der Waals surface area contributed by atoms with Gasteiger partial charge in [-0.25, -0.2) is 0 Å². The molecule has 0 aromatic heterocycles. The molecule has 0 saturated carbocycles. The van der Waals surface area contributed by atoms with Gasteiger partial charge in [0.1, 0.15) is 0 Å². The number of hydrogen-bond donors (Lipinski definition) is 1. The molecule has 0 radical (unpaired) electrons. The number of nitrogens with one attached hydrogen (secondary N) is 1. The van der Waals surface area contributed by atoms with Crippen molar-refractivity contribution >= 4 is 29.9 Å². The van der Waals surface area contributed by atoms with Gasteiger partial charge >= 0.3 is 0 Å². The van der Waals surface area contributed by atoms with Gasteiger partial charge in [0.15, 0.2) is 5.96 Å². The molecule has 2 rings (SSSR count). The van der Waals surface area contributed by atoms with Gasteiger partial charge in [-0.2, -0.15) is 0 Å². The predicted molar refractivity (Wildman–Crippen MR) is 112 cm³/mol. The molecule has 24 heavy (non-hydrogen) atoms. The van der Waals surface area contributed by atoms with E-state index in [1.807, 2.05) is 7.05 Å². The fourth-order valence-corrected chi connectivity index (χ4v) is 2.90. The van der Waals surface area contributed by atoms with Gasteiger partial charge in [0, 0.05) is 26.7 Å². The van der Waals surface area contributed by atoms with Crippen LogP contribution in [0.5, 0.6) is 0 Å². The number of halogens is 1. The summed E-state index contributed by atoms with van der Waals surface area (Å²) in [6.07, 6.45) is 1.48. The molecule has 4 nitrogen and oxygen atoms in total. The molecule has 1 N–H and O–H groups in total. The van der Waals surface area contributed by atoms with Crippen LogP contribution in [0.3, 0.4) is 0 Å². The van der Waals surface area contributed by atoms with Crippen molar-refractivity contribution in [2.24, 2.45) is 10.4 Å². The fourth-order valence-electron chi connectivity index (χ4n) is 2.90. The summed E-state index contributed by atoms with van der Waals surface area (Å²) in [6.45, 7) is 12.4. The van der Waals surface area contributed by atoms with E-state index >= 15 is 0 Å². The van der Waals surface area contributed by atoms with E-state index in [1.54, 1.807) is 0 Å². The first-order chi connectivity index (χ1) is 10.9. The van der Waals surface area contributed by atoms with Gasteiger partial charge in [-0.15, -0.1) is 24.0 Å². The molecule has 0 atom stereocenters. The summed E-state index contributed by atoms with van der Waals surface area (Å²) in [5.41, 5.74) is 2.86. The second-order valence-corrected chi connectivity index (χ2v) is 7.42. The highest BCUT2D eigenvalue weighted by atomic mass is 127. The second kappa shape index (κ2) is 9.61. The van der Waals surface area contributed by atoms with Crippen LogP contribution in [0.1, 0.15) is 45.2 Å². The summed E-state index contributed by atoms with van der Waals surface area (Å²) in [7, 11) is 1.86. The number of nitrogens with zero attached hydrogens (tertiary/aromatic N) is 2. The quantitative estimate of drug-likeness (QED) is 0.423. The maximum Gasteiger partial charge on any atom is 0.193 e. The monoisotopic (exact) mass is 445 g/mol. The van der Waals surface area contributed by atoms with Gasteiger partial charge in [0.2, 0.25) is 0 Å². The Kier molecular flexibility index (Phi) is 8.50. The smallest absolute Gasteiger partial charge is 0.193 e. The van der Waals surface area contributed by atoms with Crippen LogP contribution in [0.2, 0.25) is 0 Å². The maximum absolute atomic E-state index is 5.68. The lowest BCUT2D eigenvalue weighted by Crippen LogP contribution is -2.40. The second-order valence-electron chi connectivity index (χ2n) is 7.42. The number of aliphatic imine (C=N–C) groups is 1. The predicted octanol–water partition coefficient (Wildman–Crippen LogP) is 4.04.